The molecule has 2 heterocycles. The van der Waals surface area contributed by atoms with E-state index in [1.807, 2.05) is 45.0 Å². The van der Waals surface area contributed by atoms with Crippen LogP contribution in [0.4, 0.5) is 11.5 Å². The molecular weight excluding hydrogens is 460 g/mol. The van der Waals surface area contributed by atoms with Gasteiger partial charge in [0.1, 0.15) is 5.82 Å². The van der Waals surface area contributed by atoms with E-state index >= 15 is 0 Å². The molecule has 3 aromatic rings. The van der Waals surface area contributed by atoms with Crippen molar-refractivity contribution in [1.29, 1.82) is 0 Å². The highest BCUT2D eigenvalue weighted by Crippen LogP contribution is 2.23. The van der Waals surface area contributed by atoms with Crippen molar-refractivity contribution in [3.8, 4) is 5.69 Å². The summed E-state index contributed by atoms with van der Waals surface area (Å²) in [5.74, 6) is -0.453. The monoisotopic (exact) mass is 488 g/mol. The van der Waals surface area contributed by atoms with Crippen LogP contribution in [0, 0.1) is 12.8 Å². The Morgan fingerprint density at radius 1 is 1.29 bits per heavy atom. The molecule has 0 unspecified atom stereocenters. The zero-order valence-electron chi connectivity index (χ0n) is 19.5. The number of amides is 1. The van der Waals surface area contributed by atoms with Gasteiger partial charge >= 0.3 is 5.69 Å². The zero-order chi connectivity index (χ0) is 24.8. The van der Waals surface area contributed by atoms with Crippen LogP contribution in [0.2, 0.25) is 0 Å². The molecule has 0 bridgehead atoms. The molecule has 1 amide bonds. The van der Waals surface area contributed by atoms with E-state index in [1.165, 1.54) is 16.6 Å². The van der Waals surface area contributed by atoms with Crippen LogP contribution in [0.25, 0.3) is 5.69 Å². The number of aromatic amines is 1. The molecular formula is C21H28N8O4S. The van der Waals surface area contributed by atoms with Crippen LogP contribution in [-0.2, 0) is 16.1 Å². The highest BCUT2D eigenvalue weighted by Gasteiger charge is 2.25. The molecule has 0 radical (unpaired) electrons. The number of carbonyl (C=O) groups is 1. The molecule has 0 saturated heterocycles. The lowest BCUT2D eigenvalue weighted by molar-refractivity contribution is -0.116. The number of nitrogens with one attached hydrogen (secondary N) is 1. The van der Waals surface area contributed by atoms with Crippen LogP contribution in [0.5, 0.6) is 0 Å². The number of nitrogens with two attached hydrogens (primary N) is 1. The fourth-order valence-electron chi connectivity index (χ4n) is 3.35. The largest absolute Gasteiger partial charge is 0.383 e. The molecule has 2 aromatic heterocycles. The van der Waals surface area contributed by atoms with Crippen molar-refractivity contribution in [1.82, 2.24) is 29.8 Å². The predicted octanol–water partition coefficient (Wildman–Crippen LogP) is 0.831. The third kappa shape index (κ3) is 5.54. The Hall–Kier alpha value is -3.45. The lowest BCUT2D eigenvalue weighted by Crippen LogP contribution is -2.43. The van der Waals surface area contributed by atoms with E-state index in [1.54, 1.807) is 4.68 Å². The quantitative estimate of drug-likeness (QED) is 0.395. The molecule has 34 heavy (non-hydrogen) atoms. The second kappa shape index (κ2) is 11.1. The van der Waals surface area contributed by atoms with Crippen LogP contribution >= 0.6 is 11.8 Å². The highest BCUT2D eigenvalue weighted by molar-refractivity contribution is 7.99. The van der Waals surface area contributed by atoms with E-state index in [4.69, 9.17) is 10.5 Å². The standard InChI is InChI=1S/C21H28N8O4S/c1-13(2)11-28-18(22)17(19(31)23-20(28)32)27(9-10-33-4)16(30)12-34-21-24-25-26-29(21)15-8-6-5-7-14(15)3/h5-8,13H,9-12,22H2,1-4H3,(H,23,31,32). The van der Waals surface area contributed by atoms with Crippen molar-refractivity contribution < 1.29 is 9.53 Å². The third-order valence-electron chi connectivity index (χ3n) is 4.96. The Labute approximate surface area is 200 Å². The van der Waals surface area contributed by atoms with E-state index in [9.17, 15) is 14.4 Å². The number of nitrogens with zero attached hydrogens (tertiary/aromatic N) is 6. The number of carbonyl (C=O) groups excluding carboxylic acids is 1. The van der Waals surface area contributed by atoms with Crippen LogP contribution in [0.3, 0.4) is 0 Å². The first kappa shape index (κ1) is 25.2. The highest BCUT2D eigenvalue weighted by atomic mass is 32.2. The average Bonchev–Trinajstić information content (AvgIpc) is 3.25. The molecule has 0 aliphatic heterocycles. The van der Waals surface area contributed by atoms with Gasteiger partial charge in [0.2, 0.25) is 11.1 Å². The van der Waals surface area contributed by atoms with Crippen LogP contribution in [-0.4, -0.2) is 61.7 Å². The number of para-hydroxylation sites is 1. The Balaban J connectivity index is 1.90. The first-order chi connectivity index (χ1) is 16.2. The van der Waals surface area contributed by atoms with E-state index < -0.39 is 17.2 Å². The number of tetrazole rings is 1. The van der Waals surface area contributed by atoms with Crippen molar-refractivity contribution in [3.05, 3.63) is 50.7 Å². The summed E-state index contributed by atoms with van der Waals surface area (Å²) in [7, 11) is 1.49. The van der Waals surface area contributed by atoms with Crippen molar-refractivity contribution in [2.45, 2.75) is 32.5 Å². The predicted molar refractivity (Wildman–Crippen MR) is 129 cm³/mol. The molecule has 3 N–H and O–H groups in total. The number of anilines is 2. The van der Waals surface area contributed by atoms with Crippen molar-refractivity contribution >= 4 is 29.2 Å². The maximum Gasteiger partial charge on any atom is 0.330 e. The van der Waals surface area contributed by atoms with E-state index in [0.29, 0.717) is 11.7 Å². The molecule has 0 atom stereocenters. The number of nitrogen functional groups attached to an aromatic ring is 1. The number of hydrogen-bond donors (Lipinski definition) is 2. The number of thioether (sulfide) groups is 1. The molecule has 12 nitrogen and oxygen atoms in total. The minimum absolute atomic E-state index is 0.0679. The third-order valence-corrected chi connectivity index (χ3v) is 5.87. The smallest absolute Gasteiger partial charge is 0.330 e. The summed E-state index contributed by atoms with van der Waals surface area (Å²) in [6.45, 7) is 6.30. The Morgan fingerprint density at radius 2 is 2.03 bits per heavy atom. The van der Waals surface area contributed by atoms with Crippen molar-refractivity contribution in [2.75, 3.05) is 36.6 Å². The first-order valence-electron chi connectivity index (χ1n) is 10.6. The van der Waals surface area contributed by atoms with Gasteiger partial charge in [0, 0.05) is 20.2 Å². The molecule has 3 rings (SSSR count). The van der Waals surface area contributed by atoms with Gasteiger partial charge in [-0.05, 0) is 34.9 Å². The molecule has 0 aliphatic carbocycles. The molecule has 0 saturated carbocycles. The number of hydrogen-bond acceptors (Lipinski definition) is 9. The van der Waals surface area contributed by atoms with Crippen LogP contribution < -0.4 is 21.9 Å². The van der Waals surface area contributed by atoms with Gasteiger partial charge in [-0.3, -0.25) is 19.1 Å². The van der Waals surface area contributed by atoms with E-state index in [0.717, 1.165) is 23.0 Å². The normalized spacial score (nSPS) is 11.2. The van der Waals surface area contributed by atoms with Crippen molar-refractivity contribution in [2.24, 2.45) is 5.92 Å². The molecule has 0 spiro atoms. The number of aryl methyl sites for hydroxylation is 1. The maximum atomic E-state index is 13.3. The number of benzene rings is 1. The number of aromatic nitrogens is 6. The summed E-state index contributed by atoms with van der Waals surface area (Å²) in [6.07, 6.45) is 0. The number of rotatable bonds is 10. The summed E-state index contributed by atoms with van der Waals surface area (Å²) in [6, 6.07) is 7.59. The lowest BCUT2D eigenvalue weighted by Gasteiger charge is -2.24. The zero-order valence-corrected chi connectivity index (χ0v) is 20.3. The van der Waals surface area contributed by atoms with Crippen LogP contribution in [0.15, 0.2) is 39.0 Å². The number of methoxy groups -OCH3 is 1. The summed E-state index contributed by atoms with van der Waals surface area (Å²) < 4.78 is 7.94. The lowest BCUT2D eigenvalue weighted by atomic mass is 10.2. The fourth-order valence-corrected chi connectivity index (χ4v) is 4.11. The van der Waals surface area contributed by atoms with Gasteiger partial charge in [-0.1, -0.05) is 43.8 Å². The molecule has 0 aliphatic rings. The number of ether oxygens (including phenoxy) is 1. The van der Waals surface area contributed by atoms with E-state index in [-0.39, 0.29) is 36.3 Å². The second-order valence-electron chi connectivity index (χ2n) is 7.98. The van der Waals surface area contributed by atoms with Gasteiger partial charge < -0.3 is 15.4 Å². The number of H-pyrrole nitrogens is 1. The SMILES string of the molecule is COCCN(C(=O)CSc1nnnn1-c1ccccc1C)c1c(N)n(CC(C)C)c(=O)[nH]c1=O. The van der Waals surface area contributed by atoms with Gasteiger partial charge in [-0.15, -0.1) is 5.10 Å². The van der Waals surface area contributed by atoms with E-state index in [2.05, 4.69) is 20.5 Å². The van der Waals surface area contributed by atoms with Gasteiger partial charge in [-0.2, -0.15) is 4.68 Å². The van der Waals surface area contributed by atoms with Crippen molar-refractivity contribution in [3.63, 3.8) is 0 Å². The summed E-state index contributed by atoms with van der Waals surface area (Å²) in [5.41, 5.74) is 6.54. The summed E-state index contributed by atoms with van der Waals surface area (Å²) >= 11 is 1.12. The second-order valence-corrected chi connectivity index (χ2v) is 8.93. The Bertz CT molecular complexity index is 1270. The summed E-state index contributed by atoms with van der Waals surface area (Å²) in [4.78, 5) is 41.8. The van der Waals surface area contributed by atoms with Gasteiger partial charge in [0.25, 0.3) is 5.56 Å². The minimum atomic E-state index is -0.735. The minimum Gasteiger partial charge on any atom is -0.383 e. The first-order valence-corrected chi connectivity index (χ1v) is 11.6. The maximum absolute atomic E-state index is 13.3. The van der Waals surface area contributed by atoms with Gasteiger partial charge in [0.15, 0.2) is 5.69 Å². The molecule has 0 fully saturated rings. The Kier molecular flexibility index (Phi) is 8.23. The average molecular weight is 489 g/mol. The van der Waals surface area contributed by atoms with Gasteiger partial charge in [0.05, 0.1) is 18.0 Å². The topological polar surface area (TPSA) is 154 Å². The summed E-state index contributed by atoms with van der Waals surface area (Å²) in [5, 5.41) is 12.2. The van der Waals surface area contributed by atoms with Crippen LogP contribution in [0.1, 0.15) is 19.4 Å². The van der Waals surface area contributed by atoms with Gasteiger partial charge in [-0.25, -0.2) is 4.79 Å². The Morgan fingerprint density at radius 3 is 2.71 bits per heavy atom. The molecule has 13 heteroatoms. The fraction of sp³-hybridized carbons (Fsp3) is 0.429. The molecule has 182 valence electrons. The molecule has 1 aromatic carbocycles.